The molecule has 0 radical (unpaired) electrons. The van der Waals surface area contributed by atoms with Crippen LogP contribution < -0.4 is 25.5 Å². The molecule has 0 bridgehead atoms. The summed E-state index contributed by atoms with van der Waals surface area (Å²) in [6, 6.07) is -40.1. The van der Waals surface area contributed by atoms with Gasteiger partial charge in [0, 0.05) is 28.0 Å². The molecule has 0 spiro atoms. The number of hydrogen-bond donors (Lipinski definition) is 1. The average Bonchev–Trinajstić information content (AvgIpc) is 0.922. The largest absolute Gasteiger partial charge is 0.507 e. The van der Waals surface area contributed by atoms with E-state index in [1.807, 2.05) is 0 Å². The second kappa shape index (κ2) is 15.3. The summed E-state index contributed by atoms with van der Waals surface area (Å²) in [5, 5.41) is 4.58. The van der Waals surface area contributed by atoms with Gasteiger partial charge in [0.1, 0.15) is 17.2 Å². The van der Waals surface area contributed by atoms with Crippen LogP contribution in [0.25, 0.3) is 49.7 Å². The lowest BCUT2D eigenvalue weighted by Crippen LogP contribution is -2.75. The first kappa shape index (κ1) is 14.6. The van der Waals surface area contributed by atoms with E-state index in [0.29, 0.717) is 0 Å². The number of para-hydroxylation sites is 3. The Bertz CT molecular complexity index is 4810. The van der Waals surface area contributed by atoms with Gasteiger partial charge in [-0.2, -0.15) is 0 Å². The third kappa shape index (κ3) is 6.30. The summed E-state index contributed by atoms with van der Waals surface area (Å²) in [4.78, 5) is 0. The van der Waals surface area contributed by atoms with Crippen molar-refractivity contribution < 1.29 is 57.8 Å². The van der Waals surface area contributed by atoms with E-state index in [1.54, 1.807) is 0 Å². The molecule has 0 aliphatic heterocycles. The number of aromatic hydroxyl groups is 1. The van der Waals surface area contributed by atoms with Crippen LogP contribution >= 0.6 is 11.6 Å². The maximum Gasteiger partial charge on any atom is 0.180 e. The SMILES string of the molecule is [2H]c1c([2H])c([2H])c([Si](c2c([2H])c([2H])c([2H])c([2H])c2[2H])(c2c([2H])c([2H])c([2H])c([2H])c2[2H])c2c([2H])c([2H])c([2H])c([2H])c2-c2c([2H])c([2H])c([2H])c(Oc3cc(-n4c5c([2H])c([2H])c([2H])c([2H])c5c5c([2H])c([2H])c([2H])c([2H])c54)cc(-c4c([2H])c([2H])c([2H])c([2H])c4O)c3Cl)c2[2H])c([2H])c1[2H]. The zero-order chi connectivity index (χ0) is 70.2. The van der Waals surface area contributed by atoms with Gasteiger partial charge in [-0.1, -0.05) is 193 Å². The van der Waals surface area contributed by atoms with Crippen LogP contribution in [0.4, 0.5) is 0 Å². The van der Waals surface area contributed by atoms with Crippen molar-refractivity contribution in [2.75, 3.05) is 0 Å². The predicted octanol–water partition coefficient (Wildman–Crippen LogP) is 11.6. The van der Waals surface area contributed by atoms with Crippen LogP contribution in [0.3, 0.4) is 0 Å². The minimum absolute atomic E-state index is 0.508. The zero-order valence-electron chi connectivity index (χ0n) is 64.3. The Morgan fingerprint density at radius 2 is 1.00 bits per heavy atom. The highest BCUT2D eigenvalue weighted by molar-refractivity contribution is 7.20. The van der Waals surface area contributed by atoms with E-state index in [0.717, 1.165) is 16.7 Å². The summed E-state index contributed by atoms with van der Waals surface area (Å²) in [6.07, 6.45) is 0. The van der Waals surface area contributed by atoms with Crippen molar-refractivity contribution in [3.05, 3.63) is 229 Å². The fraction of sp³-hybridized carbons (Fsp3) is 0. The molecule has 0 saturated carbocycles. The van der Waals surface area contributed by atoms with Gasteiger partial charge < -0.3 is 14.4 Å². The number of halogens is 1. The van der Waals surface area contributed by atoms with Gasteiger partial charge in [-0.15, -0.1) is 0 Å². The summed E-state index contributed by atoms with van der Waals surface area (Å²) in [5.74, 6) is -3.47. The second-order valence-electron chi connectivity index (χ2n) is 12.1. The number of rotatable bonds is 9. The molecule has 3 nitrogen and oxygen atoms in total. The third-order valence-electron chi connectivity index (χ3n) is 9.00. The Morgan fingerprint density at radius 1 is 0.492 bits per heavy atom. The number of aromatic nitrogens is 1. The van der Waals surface area contributed by atoms with Crippen LogP contribution in [0, 0.1) is 0 Å². The van der Waals surface area contributed by atoms with Crippen LogP contribution in [-0.4, -0.2) is 17.7 Å². The van der Waals surface area contributed by atoms with Crippen LogP contribution in [0.1, 0.15) is 48.0 Å². The van der Waals surface area contributed by atoms with Gasteiger partial charge in [0.05, 0.1) is 69.7 Å². The van der Waals surface area contributed by atoms with Crippen molar-refractivity contribution >= 4 is 62.2 Å². The number of phenolic OH excluding ortho intramolecular Hbond substituents is 1. The van der Waals surface area contributed by atoms with E-state index in [2.05, 4.69) is 0 Å². The molecule has 1 heterocycles. The molecule has 1 aromatic heterocycles. The Labute approximate surface area is 398 Å². The molecule has 10 rings (SSSR count). The quantitative estimate of drug-likeness (QED) is 0.116. The van der Waals surface area contributed by atoms with Crippen LogP contribution in [0.2, 0.25) is 5.02 Å². The number of hydrogen-bond acceptors (Lipinski definition) is 2. The fourth-order valence-electron chi connectivity index (χ4n) is 6.60. The van der Waals surface area contributed by atoms with Crippen LogP contribution in [0.5, 0.6) is 17.2 Å². The van der Waals surface area contributed by atoms with Gasteiger partial charge in [0.2, 0.25) is 0 Å². The van der Waals surface area contributed by atoms with Crippen LogP contribution in [0.15, 0.2) is 224 Å². The smallest absolute Gasteiger partial charge is 0.180 e. The fourth-order valence-corrected chi connectivity index (χ4v) is 10.7. The van der Waals surface area contributed by atoms with Gasteiger partial charge >= 0.3 is 0 Å². The molecule has 0 fully saturated rings. The molecule has 282 valence electrons. The predicted molar refractivity (Wildman–Crippen MR) is 248 cm³/mol. The highest BCUT2D eigenvalue weighted by atomic mass is 35.5. The molecule has 1 N–H and O–H groups in total. The van der Waals surface area contributed by atoms with Gasteiger partial charge in [-0.05, 0) is 68.2 Å². The highest BCUT2D eigenvalue weighted by Crippen LogP contribution is 2.44. The lowest BCUT2D eigenvalue weighted by molar-refractivity contribution is 0.476. The van der Waals surface area contributed by atoms with Gasteiger partial charge in [-0.3, -0.25) is 0 Å². The molecule has 0 saturated heterocycles. The summed E-state index contributed by atoms with van der Waals surface area (Å²) in [7, 11) is -6.68. The van der Waals surface area contributed by atoms with E-state index in [-0.39, 0.29) is 0 Å². The van der Waals surface area contributed by atoms with E-state index in [9.17, 15) is 25.7 Å². The Morgan fingerprint density at radius 3 is 1.61 bits per heavy atom. The monoisotopic (exact) mass is 830 g/mol. The van der Waals surface area contributed by atoms with E-state index in [1.165, 1.54) is 0 Å². The van der Waals surface area contributed by atoms with Crippen molar-refractivity contribution in [3.8, 4) is 45.2 Å². The first-order valence-corrected chi connectivity index (χ1v) is 19.3. The third-order valence-corrected chi connectivity index (χ3v) is 13.5. The number of fused-ring (bicyclic) bond motifs is 3. The summed E-state index contributed by atoms with van der Waals surface area (Å²) in [5.41, 5.74) is -5.91. The summed E-state index contributed by atoms with van der Waals surface area (Å²) in [6.45, 7) is 0. The maximum atomic E-state index is 11.6. The number of nitrogens with zero attached hydrogens (tertiary/aromatic N) is 1. The van der Waals surface area contributed by atoms with Gasteiger partial charge in [0.25, 0.3) is 0 Å². The lowest BCUT2D eigenvalue weighted by atomic mass is 10.0. The minimum atomic E-state index is -6.68. The first-order chi connectivity index (χ1) is 43.6. The standard InChI is InChI=1S/C54H38ClNO2Si/c55-54-48(47-30-12-16-33-51(47)57)36-39(56-49-31-14-10-28-45(49)46-29-11-15-32-50(46)56)37-52(54)58-40-20-18-19-38(35-40)44-27-13-17-34-53(44)59(41-21-4-1-5-22-41,42-23-6-2-7-24-42)43-25-8-3-9-26-43/h1-37,57H/i1D,2D,3D,4D,5D,6D,7D,8D,9D,10D,11D,12D,13D,14D,15D,16D,17D,18D,19D,20D,21D,22D,23D,24D,25D,26D,27D,28D,29D,30D,31D,32D,33D,34D,35D. The summed E-state index contributed by atoms with van der Waals surface area (Å²) >= 11 is 7.18. The van der Waals surface area contributed by atoms with Crippen molar-refractivity contribution in [1.82, 2.24) is 4.57 Å². The molecule has 0 aliphatic carbocycles. The molecule has 0 unspecified atom stereocenters. The van der Waals surface area contributed by atoms with Crippen molar-refractivity contribution in [2.24, 2.45) is 0 Å². The Kier molecular flexibility index (Phi) is 3.80. The van der Waals surface area contributed by atoms with E-state index in [4.69, 9.17) is 43.8 Å². The van der Waals surface area contributed by atoms with Crippen molar-refractivity contribution in [3.63, 3.8) is 0 Å². The summed E-state index contributed by atoms with van der Waals surface area (Å²) < 4.78 is 326. The zero-order valence-corrected chi connectivity index (χ0v) is 31.1. The normalized spacial score (nSPS) is 19.8. The van der Waals surface area contributed by atoms with E-state index < -0.39 is 312 Å². The lowest BCUT2D eigenvalue weighted by Gasteiger charge is -2.36. The van der Waals surface area contributed by atoms with E-state index >= 15 is 0 Å². The number of phenols is 1. The van der Waals surface area contributed by atoms with Crippen molar-refractivity contribution in [1.29, 1.82) is 0 Å². The highest BCUT2D eigenvalue weighted by Gasteiger charge is 2.42. The second-order valence-corrected chi connectivity index (χ2v) is 16.0. The Hall–Kier alpha value is -7.11. The van der Waals surface area contributed by atoms with Crippen LogP contribution in [-0.2, 0) is 0 Å². The molecular weight excluding hydrogens is 758 g/mol. The molecule has 5 heteroatoms. The molecule has 59 heavy (non-hydrogen) atoms. The first-order valence-electron chi connectivity index (χ1n) is 34.4. The minimum Gasteiger partial charge on any atom is -0.507 e. The molecule has 0 aliphatic rings. The number of benzene rings is 9. The number of ether oxygens (including phenoxy) is 1. The topological polar surface area (TPSA) is 34.4 Å². The Balaban J connectivity index is 1.46. The van der Waals surface area contributed by atoms with Gasteiger partial charge in [0.15, 0.2) is 8.07 Å². The molecule has 9 aromatic carbocycles. The molecule has 0 atom stereocenters. The average molecular weight is 832 g/mol. The van der Waals surface area contributed by atoms with Gasteiger partial charge in [-0.25, -0.2) is 0 Å². The maximum absolute atomic E-state index is 11.6. The molecular formula is C54H38ClNO2Si. The molecule has 10 aromatic rings. The molecule has 0 amide bonds. The van der Waals surface area contributed by atoms with Crippen molar-refractivity contribution in [2.45, 2.75) is 0 Å².